The number of carbonyl (C=O) groups is 2. The van der Waals surface area contributed by atoms with Crippen LogP contribution in [0.1, 0.15) is 85.8 Å². The summed E-state index contributed by atoms with van der Waals surface area (Å²) in [5.74, 6) is 10.2. The summed E-state index contributed by atoms with van der Waals surface area (Å²) in [5, 5.41) is 68.6. The van der Waals surface area contributed by atoms with Crippen LogP contribution in [0.3, 0.4) is 0 Å². The summed E-state index contributed by atoms with van der Waals surface area (Å²) in [4.78, 5) is 39.2. The Kier molecular flexibility index (Phi) is 24.4. The van der Waals surface area contributed by atoms with Gasteiger partial charge in [-0.3, -0.25) is 19.9 Å². The van der Waals surface area contributed by atoms with E-state index in [2.05, 4.69) is 60.4 Å². The highest BCUT2D eigenvalue weighted by atomic mass is 35.5. The van der Waals surface area contributed by atoms with Gasteiger partial charge in [-0.15, -0.1) is 0 Å². The van der Waals surface area contributed by atoms with Crippen LogP contribution in [-0.2, 0) is 17.6 Å². The number of hydrazine groups is 1. The van der Waals surface area contributed by atoms with Gasteiger partial charge in [0, 0.05) is 39.3 Å². The predicted octanol–water partition coefficient (Wildman–Crippen LogP) is -0.357. The van der Waals surface area contributed by atoms with Crippen LogP contribution in [0.15, 0.2) is 58.6 Å². The zero-order chi connectivity index (χ0) is 47.7. The molecule has 0 spiro atoms. The van der Waals surface area contributed by atoms with Gasteiger partial charge >= 0.3 is 0 Å². The summed E-state index contributed by atoms with van der Waals surface area (Å²) in [6.07, 6.45) is 1.20. The molecule has 0 aliphatic rings. The number of aliphatic imine (C=N–C) groups is 1. The minimum atomic E-state index is -1.46. The number of nitrogens with zero attached hydrogens (tertiary/aromatic N) is 5. The maximum atomic E-state index is 13.1. The standard InChI is InChI=1S/C43H68ClN13O8/c44-38-40(46)53-39(45)36(52-38)42(65)54-43(47)50-21-3-1-6-27-9-14-29(15-10-27)30-16-11-28(12-17-30)13-18-35(63)51-32(41(55-48)56-49)8-2-4-22-57(23-19-31(60)7-5-24-58)26-34(62)37(64)33(61)20-25-59/h9-12,14-17,31-34,37,58-62,64H,1-8,13,18-26,48-49H2,(H,51,63)(H,55,56)(H4,45,46,53)(H3,47,50,54,65)/t31?,32-,33?,34?,37?/m0/s1. The summed E-state index contributed by atoms with van der Waals surface area (Å²) in [6, 6.07) is 15.7. The van der Waals surface area contributed by atoms with Crippen LogP contribution in [0.25, 0.3) is 11.1 Å². The number of nitrogens with two attached hydrogens (primary N) is 5. The molecule has 21 nitrogen and oxygen atoms in total. The van der Waals surface area contributed by atoms with Gasteiger partial charge in [-0.2, -0.15) is 5.10 Å². The Morgan fingerprint density at radius 1 is 0.769 bits per heavy atom. The van der Waals surface area contributed by atoms with E-state index in [0.717, 1.165) is 41.5 Å². The molecule has 2 aromatic carbocycles. The number of guanidine groups is 1. The smallest absolute Gasteiger partial charge is 0.280 e. The Bertz CT molecular complexity index is 1950. The van der Waals surface area contributed by atoms with E-state index in [0.29, 0.717) is 64.6 Å². The van der Waals surface area contributed by atoms with Crippen LogP contribution in [0.4, 0.5) is 11.6 Å². The lowest BCUT2D eigenvalue weighted by Gasteiger charge is -2.30. The minimum Gasteiger partial charge on any atom is -0.396 e. The molecular formula is C43H68ClN13O8. The lowest BCUT2D eigenvalue weighted by molar-refractivity contribution is -0.121. The first-order valence-electron chi connectivity index (χ1n) is 21.8. The second-order valence-corrected chi connectivity index (χ2v) is 16.1. The second-order valence-electron chi connectivity index (χ2n) is 15.7. The topological polar surface area (TPSA) is 375 Å². The average molecular weight is 931 g/mol. The molecule has 4 unspecified atom stereocenters. The largest absolute Gasteiger partial charge is 0.396 e. The Morgan fingerprint density at radius 2 is 1.43 bits per heavy atom. The number of carbonyl (C=O) groups excluding carboxylic acids is 2. The number of unbranched alkanes of at least 4 members (excludes halogenated alkanes) is 2. The van der Waals surface area contributed by atoms with Crippen LogP contribution in [0.2, 0.25) is 5.15 Å². The number of hydrazone groups is 1. The van der Waals surface area contributed by atoms with E-state index in [1.54, 1.807) is 0 Å². The Labute approximate surface area is 384 Å². The number of nitrogens with one attached hydrogen (secondary N) is 3. The van der Waals surface area contributed by atoms with E-state index >= 15 is 0 Å². The average Bonchev–Trinajstić information content (AvgIpc) is 3.29. The van der Waals surface area contributed by atoms with Crippen LogP contribution < -0.4 is 44.9 Å². The lowest BCUT2D eigenvalue weighted by atomic mass is 9.99. The van der Waals surface area contributed by atoms with Crippen LogP contribution in [0.5, 0.6) is 0 Å². The third-order valence-electron chi connectivity index (χ3n) is 10.7. The van der Waals surface area contributed by atoms with E-state index in [-0.39, 0.29) is 72.8 Å². The van der Waals surface area contributed by atoms with Gasteiger partial charge in [0.2, 0.25) is 5.91 Å². The molecule has 0 aliphatic heterocycles. The van der Waals surface area contributed by atoms with Gasteiger partial charge in [-0.25, -0.2) is 15.8 Å². The highest BCUT2D eigenvalue weighted by Crippen LogP contribution is 2.22. The first-order valence-corrected chi connectivity index (χ1v) is 22.1. The number of hydrogen-bond acceptors (Lipinski definition) is 17. The molecule has 65 heavy (non-hydrogen) atoms. The van der Waals surface area contributed by atoms with Gasteiger partial charge in [0.25, 0.3) is 5.91 Å². The van der Waals surface area contributed by atoms with Crippen molar-refractivity contribution in [2.45, 2.75) is 108 Å². The van der Waals surface area contributed by atoms with Crippen LogP contribution >= 0.6 is 11.6 Å². The third-order valence-corrected chi connectivity index (χ3v) is 11.0. The minimum absolute atomic E-state index is 0.0179. The Morgan fingerprint density at radius 3 is 2.05 bits per heavy atom. The SMILES string of the molecule is N/N=C(\NN)[C@H](CCCCN(CCC(O)CCCO)CC(O)C(O)C(O)CCO)NC(=O)CCc1ccc(-c2ccc(CCCCN=C(N)NC(=O)c3nc(Cl)c(N)nc3N)cc2)cc1. The van der Waals surface area contributed by atoms with Crippen molar-refractivity contribution in [2.75, 3.05) is 50.9 Å². The third kappa shape index (κ3) is 19.4. The molecule has 22 heteroatoms. The van der Waals surface area contributed by atoms with Crippen molar-refractivity contribution in [3.05, 3.63) is 70.5 Å². The van der Waals surface area contributed by atoms with Gasteiger partial charge in [-0.1, -0.05) is 60.1 Å². The van der Waals surface area contributed by atoms with E-state index in [9.17, 15) is 30.0 Å². The zero-order valence-electron chi connectivity index (χ0n) is 36.7. The zero-order valence-corrected chi connectivity index (χ0v) is 37.5. The Balaban J connectivity index is 1.45. The molecule has 360 valence electrons. The first kappa shape index (κ1) is 54.1. The molecular weight excluding hydrogens is 862 g/mol. The van der Waals surface area contributed by atoms with Crippen molar-refractivity contribution in [3.8, 4) is 11.1 Å². The van der Waals surface area contributed by atoms with Crippen molar-refractivity contribution < 1.29 is 40.2 Å². The molecule has 0 aliphatic carbocycles. The molecule has 3 aromatic rings. The monoisotopic (exact) mass is 930 g/mol. The number of aliphatic hydroxyl groups excluding tert-OH is 6. The van der Waals surface area contributed by atoms with E-state index in [1.807, 2.05) is 29.2 Å². The molecule has 2 amide bonds. The highest BCUT2D eigenvalue weighted by molar-refractivity contribution is 6.31. The van der Waals surface area contributed by atoms with E-state index < -0.39 is 36.4 Å². The van der Waals surface area contributed by atoms with Crippen LogP contribution in [0, 0.1) is 0 Å². The number of amides is 2. The Hall–Kier alpha value is -5.23. The molecule has 0 bridgehead atoms. The van der Waals surface area contributed by atoms with E-state index in [4.69, 9.17) is 50.7 Å². The van der Waals surface area contributed by atoms with Crippen molar-refractivity contribution >= 4 is 46.8 Å². The predicted molar refractivity (Wildman–Crippen MR) is 251 cm³/mol. The van der Waals surface area contributed by atoms with Gasteiger partial charge in [0.05, 0.1) is 24.4 Å². The van der Waals surface area contributed by atoms with Gasteiger partial charge < -0.3 is 69.3 Å². The normalized spacial score (nSPS) is 14.4. The second kappa shape index (κ2) is 29.3. The molecule has 0 saturated carbocycles. The molecule has 0 saturated heterocycles. The van der Waals surface area contributed by atoms with Gasteiger partial charge in [0.1, 0.15) is 6.10 Å². The van der Waals surface area contributed by atoms with Crippen molar-refractivity contribution in [1.29, 1.82) is 0 Å². The van der Waals surface area contributed by atoms with Crippen molar-refractivity contribution in [1.82, 2.24) is 30.9 Å². The van der Waals surface area contributed by atoms with Crippen LogP contribution in [-0.4, -0.2) is 139 Å². The summed E-state index contributed by atoms with van der Waals surface area (Å²) >= 11 is 5.84. The number of benzene rings is 2. The summed E-state index contributed by atoms with van der Waals surface area (Å²) in [7, 11) is 0. The maximum absolute atomic E-state index is 13.1. The number of hydrogen-bond donors (Lipinski definition) is 14. The molecule has 0 fully saturated rings. The first-order chi connectivity index (χ1) is 31.2. The van der Waals surface area contributed by atoms with Crippen molar-refractivity contribution in [3.63, 3.8) is 0 Å². The maximum Gasteiger partial charge on any atom is 0.280 e. The number of aryl methyl sites for hydroxylation is 2. The molecule has 0 radical (unpaired) electrons. The number of amidine groups is 1. The summed E-state index contributed by atoms with van der Waals surface area (Å²) < 4.78 is 0. The lowest BCUT2D eigenvalue weighted by Crippen LogP contribution is -2.49. The molecule has 1 aromatic heterocycles. The quantitative estimate of drug-likeness (QED) is 0.0139. The molecule has 3 rings (SSSR count). The molecule has 5 atom stereocenters. The number of nitrogen functional groups attached to an aromatic ring is 2. The fourth-order valence-corrected chi connectivity index (χ4v) is 7.06. The fourth-order valence-electron chi connectivity index (χ4n) is 6.93. The fraction of sp³-hybridized carbons (Fsp3) is 0.535. The number of halogens is 1. The summed E-state index contributed by atoms with van der Waals surface area (Å²) in [5.41, 5.74) is 23.6. The van der Waals surface area contributed by atoms with Gasteiger partial charge in [-0.05, 0) is 99.4 Å². The molecule has 19 N–H and O–H groups in total. The van der Waals surface area contributed by atoms with E-state index in [1.165, 1.54) is 0 Å². The van der Waals surface area contributed by atoms with Crippen molar-refractivity contribution in [2.24, 2.45) is 27.5 Å². The number of rotatable bonds is 29. The molecule has 1 heterocycles. The summed E-state index contributed by atoms with van der Waals surface area (Å²) in [6.45, 7) is 0.902. The highest BCUT2D eigenvalue weighted by Gasteiger charge is 2.27. The van der Waals surface area contributed by atoms with Gasteiger partial charge in [0.15, 0.2) is 34.3 Å². The number of aromatic nitrogens is 2. The number of aliphatic hydroxyl groups is 6. The number of anilines is 2.